The van der Waals surface area contributed by atoms with Crippen molar-refractivity contribution in [2.75, 3.05) is 6.54 Å². The van der Waals surface area contributed by atoms with Crippen LogP contribution in [-0.2, 0) is 11.2 Å². The average molecular weight is 210 g/mol. The van der Waals surface area contributed by atoms with Gasteiger partial charge in [-0.15, -0.1) is 0 Å². The van der Waals surface area contributed by atoms with Crippen LogP contribution in [0.25, 0.3) is 0 Å². The average Bonchev–Trinajstić information content (AvgIpc) is 2.17. The number of halogens is 1. The molecule has 1 aromatic rings. The number of nitrogens with one attached hydrogen (secondary N) is 1. The van der Waals surface area contributed by atoms with E-state index < -0.39 is 6.04 Å². The van der Waals surface area contributed by atoms with Gasteiger partial charge in [-0.2, -0.15) is 0 Å². The summed E-state index contributed by atoms with van der Waals surface area (Å²) in [6.07, 6.45) is 0.607. The number of carbonyl (C=O) groups excluding carboxylic acids is 1. The van der Waals surface area contributed by atoms with Gasteiger partial charge in [-0.25, -0.2) is 4.39 Å². The van der Waals surface area contributed by atoms with E-state index in [0.29, 0.717) is 13.0 Å². The van der Waals surface area contributed by atoms with Crippen LogP contribution in [0.1, 0.15) is 12.5 Å². The molecule has 1 amide bonds. The summed E-state index contributed by atoms with van der Waals surface area (Å²) in [4.78, 5) is 11.1. The van der Waals surface area contributed by atoms with Crippen molar-refractivity contribution >= 4 is 5.91 Å². The van der Waals surface area contributed by atoms with Crippen molar-refractivity contribution in [3.05, 3.63) is 35.6 Å². The quantitative estimate of drug-likeness (QED) is 0.773. The van der Waals surface area contributed by atoms with Crippen molar-refractivity contribution in [3.8, 4) is 0 Å². The second-order valence-electron chi connectivity index (χ2n) is 3.46. The Balaban J connectivity index is 2.35. The fourth-order valence-electron chi connectivity index (χ4n) is 1.18. The number of hydrogen-bond acceptors (Lipinski definition) is 2. The first-order valence-electron chi connectivity index (χ1n) is 4.87. The van der Waals surface area contributed by atoms with Crippen LogP contribution in [0.3, 0.4) is 0 Å². The molecule has 0 spiro atoms. The Kier molecular flexibility index (Phi) is 4.24. The smallest absolute Gasteiger partial charge is 0.236 e. The van der Waals surface area contributed by atoms with Crippen molar-refractivity contribution < 1.29 is 9.18 Å². The maximum atomic E-state index is 12.8. The molecule has 0 bridgehead atoms. The lowest BCUT2D eigenvalue weighted by atomic mass is 10.1. The van der Waals surface area contributed by atoms with Crippen molar-refractivity contribution in [1.82, 2.24) is 5.32 Å². The summed E-state index contributed by atoms with van der Waals surface area (Å²) in [5.74, 6) is -0.447. The van der Waals surface area contributed by atoms with E-state index in [1.54, 1.807) is 13.0 Å². The van der Waals surface area contributed by atoms with Crippen LogP contribution in [0.15, 0.2) is 24.3 Å². The zero-order valence-electron chi connectivity index (χ0n) is 8.66. The lowest BCUT2D eigenvalue weighted by Crippen LogP contribution is -2.39. The van der Waals surface area contributed by atoms with Gasteiger partial charge in [0.05, 0.1) is 6.04 Å². The van der Waals surface area contributed by atoms with Crippen LogP contribution in [0.4, 0.5) is 4.39 Å². The zero-order chi connectivity index (χ0) is 11.3. The van der Waals surface area contributed by atoms with E-state index in [1.165, 1.54) is 12.1 Å². The SMILES string of the molecule is C[C@@H](N)C(=O)NCCc1cccc(F)c1. The van der Waals surface area contributed by atoms with Crippen molar-refractivity contribution in [3.63, 3.8) is 0 Å². The number of hydrogen-bond donors (Lipinski definition) is 2. The minimum Gasteiger partial charge on any atom is -0.354 e. The first-order valence-corrected chi connectivity index (χ1v) is 4.87. The van der Waals surface area contributed by atoms with Crippen LogP contribution in [0, 0.1) is 5.82 Å². The second kappa shape index (κ2) is 5.46. The monoisotopic (exact) mass is 210 g/mol. The van der Waals surface area contributed by atoms with Gasteiger partial charge in [0, 0.05) is 6.54 Å². The Labute approximate surface area is 88.5 Å². The molecular formula is C11H15FN2O. The molecule has 0 fully saturated rings. The second-order valence-corrected chi connectivity index (χ2v) is 3.46. The minimum absolute atomic E-state index is 0.189. The summed E-state index contributed by atoms with van der Waals surface area (Å²) in [5.41, 5.74) is 6.23. The summed E-state index contributed by atoms with van der Waals surface area (Å²) in [5, 5.41) is 2.66. The molecule has 3 nitrogen and oxygen atoms in total. The number of benzene rings is 1. The highest BCUT2D eigenvalue weighted by Gasteiger charge is 2.05. The molecule has 0 aliphatic carbocycles. The highest BCUT2D eigenvalue weighted by atomic mass is 19.1. The molecule has 1 rings (SSSR count). The summed E-state index contributed by atoms with van der Waals surface area (Å²) < 4.78 is 12.8. The van der Waals surface area contributed by atoms with E-state index in [2.05, 4.69) is 5.32 Å². The number of amides is 1. The van der Waals surface area contributed by atoms with E-state index in [-0.39, 0.29) is 11.7 Å². The molecule has 0 saturated heterocycles. The van der Waals surface area contributed by atoms with E-state index >= 15 is 0 Å². The third-order valence-electron chi connectivity index (χ3n) is 2.02. The molecule has 0 aliphatic rings. The first kappa shape index (κ1) is 11.7. The van der Waals surface area contributed by atoms with E-state index in [1.807, 2.05) is 6.07 Å². The van der Waals surface area contributed by atoms with Crippen molar-refractivity contribution in [2.45, 2.75) is 19.4 Å². The Morgan fingerprint density at radius 1 is 1.60 bits per heavy atom. The normalized spacial score (nSPS) is 12.2. The van der Waals surface area contributed by atoms with Gasteiger partial charge >= 0.3 is 0 Å². The fourth-order valence-corrected chi connectivity index (χ4v) is 1.18. The Bertz CT molecular complexity index is 339. The van der Waals surface area contributed by atoms with Gasteiger partial charge in [-0.1, -0.05) is 12.1 Å². The van der Waals surface area contributed by atoms with Gasteiger partial charge in [0.2, 0.25) is 5.91 Å². The Morgan fingerprint density at radius 3 is 2.93 bits per heavy atom. The highest BCUT2D eigenvalue weighted by Crippen LogP contribution is 2.03. The Morgan fingerprint density at radius 2 is 2.33 bits per heavy atom. The molecule has 0 heterocycles. The summed E-state index contributed by atoms with van der Waals surface area (Å²) in [7, 11) is 0. The first-order chi connectivity index (χ1) is 7.09. The van der Waals surface area contributed by atoms with E-state index in [9.17, 15) is 9.18 Å². The van der Waals surface area contributed by atoms with Crippen molar-refractivity contribution in [1.29, 1.82) is 0 Å². The predicted octanol–water partition coefficient (Wildman–Crippen LogP) is 0.832. The molecular weight excluding hydrogens is 195 g/mol. The van der Waals surface area contributed by atoms with E-state index in [0.717, 1.165) is 5.56 Å². The number of rotatable bonds is 4. The maximum Gasteiger partial charge on any atom is 0.236 e. The highest BCUT2D eigenvalue weighted by molar-refractivity contribution is 5.80. The van der Waals surface area contributed by atoms with Crippen LogP contribution in [0.5, 0.6) is 0 Å². The zero-order valence-corrected chi connectivity index (χ0v) is 8.66. The van der Waals surface area contributed by atoms with E-state index in [4.69, 9.17) is 5.73 Å². The molecule has 0 aromatic heterocycles. The number of nitrogens with two attached hydrogens (primary N) is 1. The van der Waals surface area contributed by atoms with Crippen LogP contribution < -0.4 is 11.1 Å². The molecule has 0 saturated carbocycles. The fraction of sp³-hybridized carbons (Fsp3) is 0.364. The van der Waals surface area contributed by atoms with Gasteiger partial charge in [0.15, 0.2) is 0 Å². The molecule has 0 aliphatic heterocycles. The molecule has 1 aromatic carbocycles. The predicted molar refractivity (Wildman–Crippen MR) is 56.8 cm³/mol. The third-order valence-corrected chi connectivity index (χ3v) is 2.02. The van der Waals surface area contributed by atoms with Gasteiger partial charge in [0.1, 0.15) is 5.82 Å². The number of carbonyl (C=O) groups is 1. The molecule has 4 heteroatoms. The van der Waals surface area contributed by atoms with Crippen LogP contribution in [-0.4, -0.2) is 18.5 Å². The van der Waals surface area contributed by atoms with Crippen LogP contribution >= 0.6 is 0 Å². The molecule has 0 unspecified atom stereocenters. The molecule has 0 radical (unpaired) electrons. The Hall–Kier alpha value is -1.42. The third kappa shape index (κ3) is 4.08. The largest absolute Gasteiger partial charge is 0.354 e. The minimum atomic E-state index is -0.502. The standard InChI is InChI=1S/C11H15FN2O/c1-8(13)11(15)14-6-5-9-3-2-4-10(12)7-9/h2-4,7-8H,5-6,13H2,1H3,(H,14,15)/t8-/m1/s1. The lowest BCUT2D eigenvalue weighted by molar-refractivity contribution is -0.121. The molecule has 15 heavy (non-hydrogen) atoms. The summed E-state index contributed by atoms with van der Waals surface area (Å²) in [6, 6.07) is 5.82. The summed E-state index contributed by atoms with van der Waals surface area (Å²) >= 11 is 0. The van der Waals surface area contributed by atoms with Gasteiger partial charge in [-0.3, -0.25) is 4.79 Å². The van der Waals surface area contributed by atoms with Crippen molar-refractivity contribution in [2.24, 2.45) is 5.73 Å². The topological polar surface area (TPSA) is 55.1 Å². The van der Waals surface area contributed by atoms with Gasteiger partial charge in [0.25, 0.3) is 0 Å². The lowest BCUT2D eigenvalue weighted by Gasteiger charge is -2.07. The maximum absolute atomic E-state index is 12.8. The molecule has 3 N–H and O–H groups in total. The van der Waals surface area contributed by atoms with Crippen LogP contribution in [0.2, 0.25) is 0 Å². The van der Waals surface area contributed by atoms with Gasteiger partial charge < -0.3 is 11.1 Å². The molecule has 82 valence electrons. The van der Waals surface area contributed by atoms with Gasteiger partial charge in [-0.05, 0) is 31.0 Å². The summed E-state index contributed by atoms with van der Waals surface area (Å²) in [6.45, 7) is 2.10. The molecule has 1 atom stereocenters.